The number of aromatic nitrogens is 2. The lowest BCUT2D eigenvalue weighted by Crippen LogP contribution is -2.41. The van der Waals surface area contributed by atoms with E-state index < -0.39 is 0 Å². The highest BCUT2D eigenvalue weighted by Crippen LogP contribution is 2.29. The van der Waals surface area contributed by atoms with Crippen LogP contribution in [-0.4, -0.2) is 21.4 Å². The number of rotatable bonds is 3. The predicted molar refractivity (Wildman–Crippen MR) is 110 cm³/mol. The number of hydrazine groups is 1. The molecule has 140 valence electrons. The lowest BCUT2D eigenvalue weighted by molar-refractivity contribution is 0.0849. The zero-order valence-electron chi connectivity index (χ0n) is 15.4. The minimum Gasteiger partial charge on any atom is -0.326 e. The molecule has 0 radical (unpaired) electrons. The molecule has 2 amide bonds. The quantitative estimate of drug-likeness (QED) is 0.524. The zero-order valence-corrected chi connectivity index (χ0v) is 16.2. The van der Waals surface area contributed by atoms with Gasteiger partial charge in [-0.1, -0.05) is 29.8 Å². The fourth-order valence-electron chi connectivity index (χ4n) is 2.90. The van der Waals surface area contributed by atoms with Crippen molar-refractivity contribution in [2.75, 3.05) is 0 Å². The molecule has 0 spiro atoms. The summed E-state index contributed by atoms with van der Waals surface area (Å²) in [4.78, 5) is 30.5. The van der Waals surface area contributed by atoms with Crippen LogP contribution in [0.5, 0.6) is 0 Å². The normalized spacial score (nSPS) is 10.8. The van der Waals surface area contributed by atoms with Crippen molar-refractivity contribution >= 4 is 34.2 Å². The molecule has 0 unspecified atom stereocenters. The second kappa shape index (κ2) is 7.28. The highest BCUT2D eigenvalue weighted by molar-refractivity contribution is 7.17. The van der Waals surface area contributed by atoms with E-state index in [1.54, 1.807) is 18.2 Å². The lowest BCUT2D eigenvalue weighted by atomic mass is 10.1. The van der Waals surface area contributed by atoms with Gasteiger partial charge in [0, 0.05) is 12.6 Å². The molecule has 4 aromatic rings. The van der Waals surface area contributed by atoms with Crippen LogP contribution in [0.2, 0.25) is 0 Å². The average Bonchev–Trinajstić information content (AvgIpc) is 3.32. The molecule has 2 heterocycles. The Bertz CT molecular complexity index is 1170. The summed E-state index contributed by atoms with van der Waals surface area (Å²) in [5.41, 5.74) is 8.39. The van der Waals surface area contributed by atoms with Crippen molar-refractivity contribution in [2.45, 2.75) is 6.92 Å². The van der Waals surface area contributed by atoms with Crippen LogP contribution >= 0.6 is 11.3 Å². The fourth-order valence-corrected chi connectivity index (χ4v) is 3.82. The topological polar surface area (TPSA) is 76.0 Å². The van der Waals surface area contributed by atoms with Crippen LogP contribution in [-0.2, 0) is 7.05 Å². The molecule has 0 fully saturated rings. The molecule has 7 heteroatoms. The van der Waals surface area contributed by atoms with Crippen molar-refractivity contribution in [3.05, 3.63) is 76.7 Å². The first kappa shape index (κ1) is 17.9. The Morgan fingerprint density at radius 1 is 0.929 bits per heavy atom. The van der Waals surface area contributed by atoms with Crippen LogP contribution in [0.4, 0.5) is 0 Å². The summed E-state index contributed by atoms with van der Waals surface area (Å²) >= 11 is 1.33. The van der Waals surface area contributed by atoms with E-state index >= 15 is 0 Å². The van der Waals surface area contributed by atoms with Gasteiger partial charge in [0.1, 0.15) is 0 Å². The molecule has 0 saturated heterocycles. The molecule has 6 nitrogen and oxygen atoms in total. The smallest absolute Gasteiger partial charge is 0.279 e. The van der Waals surface area contributed by atoms with E-state index in [-0.39, 0.29) is 11.8 Å². The average molecular weight is 390 g/mol. The minimum atomic E-state index is -0.365. The Hall–Kier alpha value is -3.45. The highest BCUT2D eigenvalue weighted by atomic mass is 32.1. The molecule has 0 saturated carbocycles. The third-order valence-electron chi connectivity index (χ3n) is 4.44. The number of imidazole rings is 1. The SMILES string of the molecule is Cc1ccc(C(=O)NNC(=O)c2ccc(-c3nc4ccccc4n3C)s2)cc1. The van der Waals surface area contributed by atoms with Crippen molar-refractivity contribution in [3.63, 3.8) is 0 Å². The summed E-state index contributed by atoms with van der Waals surface area (Å²) < 4.78 is 2.00. The van der Waals surface area contributed by atoms with Crippen LogP contribution in [0.15, 0.2) is 60.7 Å². The molecular formula is C21H18N4O2S. The standard InChI is InChI=1S/C21H18N4O2S/c1-13-7-9-14(10-8-13)20(26)23-24-21(27)18-12-11-17(28-18)19-22-15-5-3-4-6-16(15)25(19)2/h3-12H,1-2H3,(H,23,26)(H,24,27). The van der Waals surface area contributed by atoms with E-state index in [1.165, 1.54) is 11.3 Å². The van der Waals surface area contributed by atoms with E-state index in [9.17, 15) is 9.59 Å². The Morgan fingerprint density at radius 3 is 2.39 bits per heavy atom. The van der Waals surface area contributed by atoms with Gasteiger partial charge >= 0.3 is 0 Å². The van der Waals surface area contributed by atoms with E-state index in [0.29, 0.717) is 10.4 Å². The van der Waals surface area contributed by atoms with Gasteiger partial charge in [-0.2, -0.15) is 0 Å². The van der Waals surface area contributed by atoms with Gasteiger partial charge in [-0.25, -0.2) is 4.98 Å². The molecule has 0 bridgehead atoms. The van der Waals surface area contributed by atoms with Crippen molar-refractivity contribution in [2.24, 2.45) is 7.05 Å². The number of carbonyl (C=O) groups is 2. The number of nitrogens with one attached hydrogen (secondary N) is 2. The van der Waals surface area contributed by atoms with E-state index in [0.717, 1.165) is 27.3 Å². The third-order valence-corrected chi connectivity index (χ3v) is 5.52. The van der Waals surface area contributed by atoms with Crippen molar-refractivity contribution in [1.29, 1.82) is 0 Å². The molecule has 0 aliphatic rings. The second-order valence-electron chi connectivity index (χ2n) is 6.42. The lowest BCUT2D eigenvalue weighted by Gasteiger charge is -2.06. The number of benzene rings is 2. The minimum absolute atomic E-state index is 0.361. The van der Waals surface area contributed by atoms with Crippen LogP contribution in [0.3, 0.4) is 0 Å². The summed E-state index contributed by atoms with van der Waals surface area (Å²) in [7, 11) is 1.95. The first-order chi connectivity index (χ1) is 13.5. The predicted octanol–water partition coefficient (Wildman–Crippen LogP) is 3.69. The van der Waals surface area contributed by atoms with Gasteiger partial charge in [-0.15, -0.1) is 11.3 Å². The maximum absolute atomic E-state index is 12.4. The van der Waals surface area contributed by atoms with Crippen LogP contribution < -0.4 is 10.9 Å². The van der Waals surface area contributed by atoms with Gasteiger partial charge < -0.3 is 4.57 Å². The van der Waals surface area contributed by atoms with Gasteiger partial charge in [-0.05, 0) is 43.3 Å². The number of hydrogen-bond donors (Lipinski definition) is 2. The van der Waals surface area contributed by atoms with Crippen molar-refractivity contribution in [1.82, 2.24) is 20.4 Å². The number of amides is 2. The maximum Gasteiger partial charge on any atom is 0.279 e. The Labute approximate surface area is 165 Å². The van der Waals surface area contributed by atoms with Crippen LogP contribution in [0.25, 0.3) is 21.7 Å². The Balaban J connectivity index is 1.47. The van der Waals surface area contributed by atoms with Crippen molar-refractivity contribution < 1.29 is 9.59 Å². The van der Waals surface area contributed by atoms with Gasteiger partial charge in [0.2, 0.25) is 0 Å². The molecule has 2 aromatic heterocycles. The molecule has 0 atom stereocenters. The maximum atomic E-state index is 12.4. The summed E-state index contributed by atoms with van der Waals surface area (Å²) in [6, 6.07) is 18.6. The van der Waals surface area contributed by atoms with Gasteiger partial charge in [-0.3, -0.25) is 20.4 Å². The largest absolute Gasteiger partial charge is 0.326 e. The first-order valence-corrected chi connectivity index (χ1v) is 9.53. The first-order valence-electron chi connectivity index (χ1n) is 8.72. The van der Waals surface area contributed by atoms with E-state index in [1.807, 2.05) is 61.0 Å². The molecular weight excluding hydrogens is 372 g/mol. The summed E-state index contributed by atoms with van der Waals surface area (Å²) in [5.74, 6) is 0.0740. The number of hydrogen-bond acceptors (Lipinski definition) is 4. The van der Waals surface area contributed by atoms with Gasteiger partial charge in [0.25, 0.3) is 11.8 Å². The van der Waals surface area contributed by atoms with Gasteiger partial charge in [0.15, 0.2) is 5.82 Å². The van der Waals surface area contributed by atoms with Crippen LogP contribution in [0, 0.1) is 6.92 Å². The molecule has 2 N–H and O–H groups in total. The van der Waals surface area contributed by atoms with Crippen LogP contribution in [0.1, 0.15) is 25.6 Å². The summed E-state index contributed by atoms with van der Waals surface area (Å²) in [6.45, 7) is 1.95. The highest BCUT2D eigenvalue weighted by Gasteiger charge is 2.15. The number of thiophene rings is 1. The van der Waals surface area contributed by atoms with Crippen molar-refractivity contribution in [3.8, 4) is 10.7 Å². The second-order valence-corrected chi connectivity index (χ2v) is 7.51. The number of carbonyl (C=O) groups excluding carboxylic acids is 2. The number of nitrogens with zero attached hydrogens (tertiary/aromatic N) is 2. The molecule has 28 heavy (non-hydrogen) atoms. The number of aryl methyl sites for hydroxylation is 2. The third kappa shape index (κ3) is 3.39. The number of para-hydroxylation sites is 2. The number of fused-ring (bicyclic) bond motifs is 1. The monoisotopic (exact) mass is 390 g/mol. The van der Waals surface area contributed by atoms with E-state index in [4.69, 9.17) is 0 Å². The molecule has 0 aliphatic carbocycles. The zero-order chi connectivity index (χ0) is 19.7. The molecule has 0 aliphatic heterocycles. The van der Waals surface area contributed by atoms with E-state index in [2.05, 4.69) is 15.8 Å². The Kier molecular flexibility index (Phi) is 4.67. The molecule has 4 rings (SSSR count). The molecule has 2 aromatic carbocycles. The summed E-state index contributed by atoms with van der Waals surface area (Å²) in [6.07, 6.45) is 0. The summed E-state index contributed by atoms with van der Waals surface area (Å²) in [5, 5.41) is 0. The Morgan fingerprint density at radius 2 is 1.64 bits per heavy atom. The van der Waals surface area contributed by atoms with Gasteiger partial charge in [0.05, 0.1) is 20.8 Å². The fraction of sp³-hybridized carbons (Fsp3) is 0.0952.